The molecular formula is C22H34N2O4S. The topological polar surface area (TPSA) is 67.9 Å². The fourth-order valence-corrected chi connectivity index (χ4v) is 6.03. The molecule has 29 heavy (non-hydrogen) atoms. The number of rotatable bonds is 2. The van der Waals surface area contributed by atoms with E-state index in [1.54, 1.807) is 0 Å². The fraction of sp³-hybridized carbons (Fsp3) is 0.727. The molecular weight excluding hydrogens is 388 g/mol. The van der Waals surface area contributed by atoms with E-state index in [1.165, 1.54) is 11.8 Å². The third-order valence-electron chi connectivity index (χ3n) is 6.68. The number of nitrogens with one attached hydrogen (secondary N) is 1. The minimum atomic E-state index is -3.26. The van der Waals surface area contributed by atoms with Gasteiger partial charge in [-0.15, -0.1) is 0 Å². The van der Waals surface area contributed by atoms with Gasteiger partial charge in [0.2, 0.25) is 10.0 Å². The highest BCUT2D eigenvalue weighted by Gasteiger charge is 2.34. The van der Waals surface area contributed by atoms with Crippen molar-refractivity contribution in [2.45, 2.75) is 69.1 Å². The van der Waals surface area contributed by atoms with Crippen LogP contribution in [0.2, 0.25) is 0 Å². The number of fused-ring (bicyclic) bond motifs is 5. The van der Waals surface area contributed by atoms with Crippen LogP contribution < -0.4 is 9.46 Å². The SMILES string of the molecule is CS(=O)(=O)N[C@H]1CCCCN2CCOc3ccccc3[C@H]3CC[C@H](CC3)OC[C@@H]12. The molecule has 2 bridgehead atoms. The van der Waals surface area contributed by atoms with Crippen molar-refractivity contribution in [2.24, 2.45) is 0 Å². The lowest BCUT2D eigenvalue weighted by atomic mass is 9.82. The molecule has 1 aromatic carbocycles. The van der Waals surface area contributed by atoms with Crippen LogP contribution in [0.25, 0.3) is 0 Å². The second-order valence-electron chi connectivity index (χ2n) is 8.79. The standard InChI is InChI=1S/C22H34N2O4S/c1-29(25,26)23-20-7-4-5-13-24-14-15-27-22-8-3-2-6-19(22)17-9-11-18(12-10-17)28-16-21(20)24/h2-3,6,8,17-18,20-21,23H,4-5,7,9-16H2,1H3/t17-,18+,20-,21-/m0/s1. The summed E-state index contributed by atoms with van der Waals surface area (Å²) in [5.41, 5.74) is 1.33. The zero-order chi connectivity index (χ0) is 20.3. The Morgan fingerprint density at radius 1 is 1.03 bits per heavy atom. The Hall–Kier alpha value is -1.15. The molecule has 162 valence electrons. The molecule has 0 spiro atoms. The molecule has 0 radical (unpaired) electrons. The second kappa shape index (κ2) is 9.33. The van der Waals surface area contributed by atoms with Crippen molar-refractivity contribution >= 4 is 10.0 Å². The average molecular weight is 423 g/mol. The lowest BCUT2D eigenvalue weighted by Crippen LogP contribution is -2.54. The summed E-state index contributed by atoms with van der Waals surface area (Å²) in [5.74, 6) is 1.55. The summed E-state index contributed by atoms with van der Waals surface area (Å²) in [7, 11) is -3.26. The number of para-hydroxylation sites is 1. The van der Waals surface area contributed by atoms with Crippen LogP contribution in [0.3, 0.4) is 0 Å². The molecule has 7 heteroatoms. The van der Waals surface area contributed by atoms with Crippen molar-refractivity contribution in [2.75, 3.05) is 32.6 Å². The first-order chi connectivity index (χ1) is 14.0. The Morgan fingerprint density at radius 3 is 2.62 bits per heavy atom. The summed E-state index contributed by atoms with van der Waals surface area (Å²) in [5, 5.41) is 0. The van der Waals surface area contributed by atoms with Gasteiger partial charge in [-0.25, -0.2) is 13.1 Å². The Bertz CT molecular complexity index is 777. The average Bonchev–Trinajstić information content (AvgIpc) is 2.86. The van der Waals surface area contributed by atoms with Gasteiger partial charge in [0, 0.05) is 18.6 Å². The molecule has 1 aromatic rings. The molecule has 3 heterocycles. The maximum Gasteiger partial charge on any atom is 0.209 e. The van der Waals surface area contributed by atoms with Gasteiger partial charge in [0.15, 0.2) is 0 Å². The van der Waals surface area contributed by atoms with Crippen molar-refractivity contribution < 1.29 is 17.9 Å². The van der Waals surface area contributed by atoms with Gasteiger partial charge < -0.3 is 9.47 Å². The largest absolute Gasteiger partial charge is 0.492 e. The molecule has 5 rings (SSSR count). The first-order valence-corrected chi connectivity index (χ1v) is 12.9. The van der Waals surface area contributed by atoms with Crippen LogP contribution in [0, 0.1) is 0 Å². The van der Waals surface area contributed by atoms with Gasteiger partial charge in [-0.3, -0.25) is 4.90 Å². The molecule has 3 aliphatic heterocycles. The normalized spacial score (nSPS) is 31.9. The molecule has 2 atom stereocenters. The molecule has 1 N–H and O–H groups in total. The summed E-state index contributed by atoms with van der Waals surface area (Å²) >= 11 is 0. The first-order valence-electron chi connectivity index (χ1n) is 11.0. The number of hydrogen-bond donors (Lipinski definition) is 1. The van der Waals surface area contributed by atoms with Gasteiger partial charge in [-0.1, -0.05) is 24.6 Å². The van der Waals surface area contributed by atoms with Gasteiger partial charge >= 0.3 is 0 Å². The van der Waals surface area contributed by atoms with Crippen LogP contribution in [0.4, 0.5) is 0 Å². The van der Waals surface area contributed by atoms with Gasteiger partial charge in [0.1, 0.15) is 12.4 Å². The summed E-state index contributed by atoms with van der Waals surface area (Å²) in [6.07, 6.45) is 8.80. The van der Waals surface area contributed by atoms with E-state index < -0.39 is 10.0 Å². The van der Waals surface area contributed by atoms with E-state index in [2.05, 4.69) is 27.8 Å². The lowest BCUT2D eigenvalue weighted by Gasteiger charge is -2.36. The Morgan fingerprint density at radius 2 is 1.83 bits per heavy atom. The van der Waals surface area contributed by atoms with Crippen molar-refractivity contribution in [3.63, 3.8) is 0 Å². The lowest BCUT2D eigenvalue weighted by molar-refractivity contribution is -0.0170. The third kappa shape index (κ3) is 5.51. The van der Waals surface area contributed by atoms with Gasteiger partial charge in [-0.2, -0.15) is 0 Å². The maximum atomic E-state index is 12.0. The molecule has 0 aromatic heterocycles. The predicted octanol–water partition coefficient (Wildman–Crippen LogP) is 2.89. The van der Waals surface area contributed by atoms with Crippen molar-refractivity contribution in [1.82, 2.24) is 9.62 Å². The highest BCUT2D eigenvalue weighted by molar-refractivity contribution is 7.88. The molecule has 6 nitrogen and oxygen atoms in total. The number of benzene rings is 1. The number of ether oxygens (including phenoxy) is 2. The highest BCUT2D eigenvalue weighted by Crippen LogP contribution is 2.38. The van der Waals surface area contributed by atoms with Gasteiger partial charge in [0.05, 0.1) is 19.0 Å². The summed E-state index contributed by atoms with van der Waals surface area (Å²) < 4.78 is 39.5. The smallest absolute Gasteiger partial charge is 0.209 e. The van der Waals surface area contributed by atoms with Crippen LogP contribution >= 0.6 is 0 Å². The molecule has 4 aliphatic rings. The van der Waals surface area contributed by atoms with E-state index >= 15 is 0 Å². The molecule has 0 amide bonds. The molecule has 1 saturated heterocycles. The van der Waals surface area contributed by atoms with Crippen LogP contribution in [0.5, 0.6) is 5.75 Å². The second-order valence-corrected chi connectivity index (χ2v) is 10.6. The van der Waals surface area contributed by atoms with Gasteiger partial charge in [-0.05, 0) is 62.6 Å². The van der Waals surface area contributed by atoms with E-state index in [-0.39, 0.29) is 18.2 Å². The number of hydrogen-bond acceptors (Lipinski definition) is 5. The van der Waals surface area contributed by atoms with Crippen molar-refractivity contribution in [3.8, 4) is 5.75 Å². The monoisotopic (exact) mass is 422 g/mol. The maximum absolute atomic E-state index is 12.0. The molecule has 1 aliphatic carbocycles. The van der Waals surface area contributed by atoms with Crippen LogP contribution in [-0.2, 0) is 14.8 Å². The Kier molecular flexibility index (Phi) is 6.79. The first kappa shape index (κ1) is 21.1. The Labute approximate surface area is 175 Å². The van der Waals surface area contributed by atoms with E-state index in [1.807, 2.05) is 6.07 Å². The fourth-order valence-electron chi connectivity index (χ4n) is 5.20. The van der Waals surface area contributed by atoms with E-state index in [4.69, 9.17) is 9.47 Å². The Balaban J connectivity index is 1.58. The van der Waals surface area contributed by atoms with E-state index in [0.29, 0.717) is 19.1 Å². The van der Waals surface area contributed by atoms with Gasteiger partial charge in [0.25, 0.3) is 0 Å². The number of nitrogens with zero attached hydrogens (tertiary/aromatic N) is 1. The third-order valence-corrected chi connectivity index (χ3v) is 7.41. The predicted molar refractivity (Wildman–Crippen MR) is 114 cm³/mol. The number of sulfonamides is 1. The molecule has 2 fully saturated rings. The van der Waals surface area contributed by atoms with Crippen LogP contribution in [0.15, 0.2) is 24.3 Å². The minimum Gasteiger partial charge on any atom is -0.492 e. The van der Waals surface area contributed by atoms with E-state index in [9.17, 15) is 8.42 Å². The highest BCUT2D eigenvalue weighted by atomic mass is 32.2. The van der Waals surface area contributed by atoms with Crippen LogP contribution in [0.1, 0.15) is 56.4 Å². The quantitative estimate of drug-likeness (QED) is 0.794. The van der Waals surface area contributed by atoms with E-state index in [0.717, 1.165) is 63.8 Å². The van der Waals surface area contributed by atoms with Crippen LogP contribution in [-0.4, -0.2) is 64.1 Å². The minimum absolute atomic E-state index is 0.0459. The molecule has 0 unspecified atom stereocenters. The summed E-state index contributed by atoms with van der Waals surface area (Å²) in [6.45, 7) is 2.92. The van der Waals surface area contributed by atoms with Crippen molar-refractivity contribution in [1.29, 1.82) is 0 Å². The zero-order valence-electron chi connectivity index (χ0n) is 17.4. The zero-order valence-corrected chi connectivity index (χ0v) is 18.2. The summed E-state index contributed by atoms with van der Waals surface area (Å²) in [4.78, 5) is 2.38. The molecule has 1 saturated carbocycles. The van der Waals surface area contributed by atoms with Crippen molar-refractivity contribution in [3.05, 3.63) is 29.8 Å². The summed E-state index contributed by atoms with van der Waals surface area (Å²) in [6, 6.07) is 8.39.